The van der Waals surface area contributed by atoms with Crippen molar-refractivity contribution in [2.45, 2.75) is 409 Å². The number of anilines is 9. The van der Waals surface area contributed by atoms with Crippen molar-refractivity contribution in [3.63, 3.8) is 0 Å². The average molecular weight is 2100 g/mol. The quantitative estimate of drug-likeness (QED) is 0.0195. The van der Waals surface area contributed by atoms with Crippen LogP contribution in [0, 0.1) is 6.92 Å². The number of nitrogens with zero attached hydrogens (tertiary/aromatic N) is 5. The average Bonchev–Trinajstić information content (AvgIpc) is 1.60. The number of benzene rings is 4. The molecule has 0 saturated heterocycles. The Hall–Kier alpha value is -10.4. The molecule has 14 aromatic rings. The number of aromatic nitrogens is 5. The summed E-state index contributed by atoms with van der Waals surface area (Å²) in [6.07, 6.45) is 12.2. The molecule has 1 fully saturated rings. The Morgan fingerprint density at radius 3 is 1.13 bits per heavy atom. The van der Waals surface area contributed by atoms with E-state index in [9.17, 15) is 0 Å². The molecule has 1 saturated carbocycles. The minimum atomic E-state index is 0.255. The molecule has 15 rings (SSSR count). The molecule has 0 aliphatic heterocycles. The second kappa shape index (κ2) is 61.2. The summed E-state index contributed by atoms with van der Waals surface area (Å²) < 4.78 is 1.38. The predicted octanol–water partition coefficient (Wildman–Crippen LogP) is 40.3. The van der Waals surface area contributed by atoms with Gasteiger partial charge in [-0.3, -0.25) is 4.98 Å². The highest BCUT2D eigenvalue weighted by Crippen LogP contribution is 2.47. The lowest BCUT2D eigenvalue weighted by atomic mass is 9.94. The number of hydrogen-bond donors (Lipinski definition) is 9. The number of nitrogens with one attached hydrogen (secondary N) is 9. The fourth-order valence-corrected chi connectivity index (χ4v) is 22.0. The Balaban J connectivity index is 0.000000226. The topological polar surface area (TPSA) is 173 Å². The minimum Gasteiger partial charge on any atom is -0.382 e. The summed E-state index contributed by atoms with van der Waals surface area (Å²) in [7, 11) is 0. The smallest absolute Gasteiger partial charge is 0.129 e. The van der Waals surface area contributed by atoms with Crippen LogP contribution in [0.25, 0.3) is 53.4 Å². The van der Waals surface area contributed by atoms with Gasteiger partial charge in [-0.1, -0.05) is 273 Å². The van der Waals surface area contributed by atoms with Gasteiger partial charge in [-0.05, 0) is 319 Å². The van der Waals surface area contributed by atoms with Crippen LogP contribution >= 0.6 is 56.7 Å². The van der Waals surface area contributed by atoms with Crippen LogP contribution in [0.4, 0.5) is 51.7 Å². The van der Waals surface area contributed by atoms with E-state index in [4.69, 9.17) is 0 Å². The maximum absolute atomic E-state index is 4.61. The first-order valence-electron chi connectivity index (χ1n) is 54.7. The highest BCUT2D eigenvalue weighted by molar-refractivity contribution is 7.20. The molecule has 0 bridgehead atoms. The van der Waals surface area contributed by atoms with Gasteiger partial charge in [0.25, 0.3) is 0 Å². The molecule has 10 aromatic heterocycles. The molecule has 9 N–H and O–H groups in total. The van der Waals surface area contributed by atoms with Crippen LogP contribution in [0.15, 0.2) is 218 Å². The summed E-state index contributed by atoms with van der Waals surface area (Å²) >= 11 is 9.53. The number of fused-ring (bicyclic) bond motifs is 1. The van der Waals surface area contributed by atoms with Crippen LogP contribution in [-0.4, -0.2) is 79.3 Å². The van der Waals surface area contributed by atoms with Gasteiger partial charge in [-0.25, -0.2) is 19.9 Å². The van der Waals surface area contributed by atoms with E-state index in [0.29, 0.717) is 108 Å². The second-order valence-electron chi connectivity index (χ2n) is 45.5. The van der Waals surface area contributed by atoms with Crippen LogP contribution in [-0.2, 0) is 5.41 Å². The number of pyridine rings is 5. The Morgan fingerprint density at radius 1 is 0.284 bits per heavy atom. The van der Waals surface area contributed by atoms with E-state index in [1.165, 1.54) is 146 Å². The Bertz CT molecular complexity index is 6030. The van der Waals surface area contributed by atoms with E-state index in [2.05, 4.69) is 507 Å². The molecule has 19 heteroatoms. The van der Waals surface area contributed by atoms with E-state index in [1.807, 2.05) is 118 Å². The van der Waals surface area contributed by atoms with E-state index in [0.717, 1.165) is 40.4 Å². The molecule has 1 aliphatic carbocycles. The van der Waals surface area contributed by atoms with Crippen LogP contribution in [0.5, 0.6) is 0 Å². The van der Waals surface area contributed by atoms with E-state index >= 15 is 0 Å². The summed E-state index contributed by atoms with van der Waals surface area (Å²) in [6.45, 7) is 88.2. The molecule has 0 atom stereocenters. The van der Waals surface area contributed by atoms with Gasteiger partial charge >= 0.3 is 0 Å². The molecule has 4 aromatic carbocycles. The van der Waals surface area contributed by atoms with Gasteiger partial charge in [0.15, 0.2) is 0 Å². The molecule has 0 amide bonds. The maximum atomic E-state index is 4.61. The van der Waals surface area contributed by atoms with Gasteiger partial charge in [0.2, 0.25) is 0 Å². The van der Waals surface area contributed by atoms with Crippen molar-refractivity contribution in [3.8, 4) is 43.3 Å². The van der Waals surface area contributed by atoms with Gasteiger partial charge in [-0.2, -0.15) is 0 Å². The zero-order chi connectivity index (χ0) is 110. The third kappa shape index (κ3) is 40.7. The third-order valence-corrected chi connectivity index (χ3v) is 31.3. The maximum Gasteiger partial charge on any atom is 0.129 e. The summed E-state index contributed by atoms with van der Waals surface area (Å²) in [4.78, 5) is 34.0. The summed E-state index contributed by atoms with van der Waals surface area (Å²) in [5.41, 5.74) is 21.9. The van der Waals surface area contributed by atoms with Crippen LogP contribution in [0.3, 0.4) is 0 Å². The highest BCUT2D eigenvalue weighted by atomic mass is 32.1. The SMILES string of the molecule is CC(C)Nc1c(C(C)C)sc2ccccc12.CC(C)Nc1cc(-c2ccccc2)sc1C(C)C.CC(C)Nc1cc(C(C)(C)C)sc1C(C)C.CC(C)Nc1ccsc1C(C)C.CC(C)Nc1ncc(-c2ccccc2)cc1C(C)C.CC(C)Nc1ncc(-c2ccccn2)cc1C(C)C.CC(C)Nc1ncc(C2CC2)cc1C(C)C.CC(C)Nc1ncccc1C(C)C.Cc1c(-c2ccccc2)sc(C(C)C)c1NC(C)C. The summed E-state index contributed by atoms with van der Waals surface area (Å²) in [6, 6.07) is 68.1. The lowest BCUT2D eigenvalue weighted by Crippen LogP contribution is -2.13. The zero-order valence-corrected chi connectivity index (χ0v) is 102. The molecule has 0 radical (unpaired) electrons. The van der Waals surface area contributed by atoms with Crippen molar-refractivity contribution in [2.24, 2.45) is 0 Å². The number of thiophene rings is 5. The minimum absolute atomic E-state index is 0.255. The normalized spacial score (nSPS) is 11.9. The fourth-order valence-electron chi connectivity index (χ4n) is 16.4. The first-order chi connectivity index (χ1) is 69.8. The lowest BCUT2D eigenvalue weighted by molar-refractivity contribution is 0.604. The molecule has 10 heterocycles. The summed E-state index contributed by atoms with van der Waals surface area (Å²) in [5.74, 6) is 9.73. The Kier molecular flexibility index (Phi) is 51.5. The fraction of sp³-hybridized carbons (Fsp3) is 0.481. The zero-order valence-electron chi connectivity index (χ0n) is 97.9. The number of rotatable bonds is 32. The van der Waals surface area contributed by atoms with E-state index < -0.39 is 0 Å². The lowest BCUT2D eigenvalue weighted by Gasteiger charge is -2.17. The molecular weight excluding hydrogens is 1910 g/mol. The molecule has 14 nitrogen and oxygen atoms in total. The highest BCUT2D eigenvalue weighted by Gasteiger charge is 2.28. The van der Waals surface area contributed by atoms with Crippen molar-refractivity contribution in [3.05, 3.63) is 281 Å². The predicted molar refractivity (Wildman–Crippen MR) is 667 cm³/mol. The van der Waals surface area contributed by atoms with Gasteiger partial charge in [0, 0.05) is 163 Å². The van der Waals surface area contributed by atoms with Crippen molar-refractivity contribution < 1.29 is 0 Å². The van der Waals surface area contributed by atoms with Crippen molar-refractivity contribution in [1.82, 2.24) is 24.9 Å². The second-order valence-corrected chi connectivity index (χ2v) is 50.8. The van der Waals surface area contributed by atoms with Crippen molar-refractivity contribution in [2.75, 3.05) is 47.9 Å². The van der Waals surface area contributed by atoms with Crippen LogP contribution in [0.2, 0.25) is 0 Å². The Labute approximate surface area is 917 Å². The summed E-state index contributed by atoms with van der Waals surface area (Å²) in [5, 5.41) is 34.9. The van der Waals surface area contributed by atoms with Gasteiger partial charge in [0.05, 0.1) is 17.1 Å². The van der Waals surface area contributed by atoms with Gasteiger partial charge in [-0.15, -0.1) is 56.7 Å². The largest absolute Gasteiger partial charge is 0.382 e. The number of hydrogen-bond acceptors (Lipinski definition) is 19. The van der Waals surface area contributed by atoms with Crippen molar-refractivity contribution >= 4 is 118 Å². The molecule has 0 unspecified atom stereocenters. The van der Waals surface area contributed by atoms with Crippen molar-refractivity contribution in [1.29, 1.82) is 0 Å². The van der Waals surface area contributed by atoms with Gasteiger partial charge < -0.3 is 47.9 Å². The van der Waals surface area contributed by atoms with Gasteiger partial charge in [0.1, 0.15) is 23.3 Å². The van der Waals surface area contributed by atoms with Crippen LogP contribution < -0.4 is 47.9 Å². The molecule has 0 spiro atoms. The molecular formula is C129H188N14S5. The molecule has 1 aliphatic rings. The van der Waals surface area contributed by atoms with E-state index in [-0.39, 0.29) is 5.41 Å². The first-order valence-corrected chi connectivity index (χ1v) is 58.9. The first kappa shape index (κ1) is 125. The standard InChI is InChI=1S/C17H22N2.C17H23NS.C16H21N3.C16H21NS.C14H22N2.C14H19NS.C14H25NS.C11H18N2.C10H17NS/c1-12(2)16-10-15(14-8-6-5-7-9-14)11-18-17(16)19-13(3)4;1-11(2)16-15(18-12(3)4)13(5)17(19-16)14-9-7-6-8-10-14;1-11(2)14-9-13(15-7-5-6-8-17-15)10-18-16(14)19-12(3)4;1-11(2)16-14(17-12(3)4)10-15(18-16)13-8-6-5-7-9-13;1-9(2)13-7-12(11-5-6-11)8-15-14(13)16-10(3)4;1-9(2)14-13(15-10(3)4)11-7-5-6-8-12(11)16-14;1-9(2)13-11(15-10(3)4)8-12(16-13)14(5,6)7;1-8(2)10-6-5-7-12-11(10)13-9(3)4;1-7(2)10-9(5-6-12-10)11-8(3)4/h5-13H,1-4H3,(H,18,19);6-12,18H,1-5H3;5-12H,1-4H3,(H,18,19);5-12,17H,1-4H3;7-11H,5-6H2,1-4H3,(H,15,16);5-10,15H,1-4H3;8-10,15H,1-7H3;5-9H,1-4H3,(H,12,13);5-8,11H,1-4H3. The van der Waals surface area contributed by atoms with Crippen LogP contribution in [0.1, 0.15) is 405 Å². The monoisotopic (exact) mass is 2090 g/mol. The van der Waals surface area contributed by atoms with E-state index in [1.54, 1.807) is 0 Å². The Morgan fingerprint density at radius 2 is 0.676 bits per heavy atom. The molecule has 804 valence electrons. The molecule has 148 heavy (non-hydrogen) atoms. The third-order valence-electron chi connectivity index (χ3n) is 23.6.